The Morgan fingerprint density at radius 1 is 1.08 bits per heavy atom. The summed E-state index contributed by atoms with van der Waals surface area (Å²) in [5.41, 5.74) is 0. The molecule has 6 radical (unpaired) electrons. The molecule has 0 rings (SSSR count). The quantitative estimate of drug-likeness (QED) is 0.212. The van der Waals surface area contributed by atoms with Crippen LogP contribution in [0.1, 0.15) is 9.99 Å². The van der Waals surface area contributed by atoms with E-state index in [-0.39, 0.29) is 347 Å². The number of hydrogen-bond acceptors (Lipinski definition) is 0. The fourth-order valence-electron chi connectivity index (χ4n) is 0. The van der Waals surface area contributed by atoms with Gasteiger partial charge in [-0.25, -0.2) is 0 Å². The van der Waals surface area contributed by atoms with E-state index in [9.17, 15) is 0 Å². The van der Waals surface area contributed by atoms with Crippen LogP contribution < -0.4 is 99.8 Å². The Morgan fingerprint density at radius 2 is 1.08 bits per heavy atom. The smallest absolute Gasteiger partial charge is 2.00 e. The molecule has 0 aliphatic heterocycles. The monoisotopic (exact) mass is 1070 g/mol. The molecular formula is H12AgBaBiCoCuKLiMnNaNiPbSr. The summed E-state index contributed by atoms with van der Waals surface area (Å²) < 4.78 is 0. The summed E-state index contributed by atoms with van der Waals surface area (Å²) in [6, 6.07) is 0. The molecule has 0 aliphatic carbocycles. The predicted molar refractivity (Wildman–Crippen MR) is 37.8 cm³/mol. The topological polar surface area (TPSA) is 0 Å². The molecule has 0 saturated carbocycles. The maximum Gasteiger partial charge on any atom is 2.00 e. The zero-order chi connectivity index (χ0) is 0. The van der Waals surface area contributed by atoms with Crippen LogP contribution in [-0.2, 0) is 89.8 Å². The van der Waals surface area contributed by atoms with E-state index in [1.807, 2.05) is 0 Å². The first-order chi connectivity index (χ1) is 0. The summed E-state index contributed by atoms with van der Waals surface area (Å²) in [6.07, 6.45) is 0. The first-order valence-electron chi connectivity index (χ1n) is 0. The second-order valence-corrected chi connectivity index (χ2v) is 0. The van der Waals surface area contributed by atoms with Crippen molar-refractivity contribution in [2.24, 2.45) is 0 Å². The van der Waals surface area contributed by atoms with Crippen LogP contribution in [0.15, 0.2) is 0 Å². The van der Waals surface area contributed by atoms with Crippen molar-refractivity contribution in [1.82, 2.24) is 0 Å². The molecule has 0 aromatic heterocycles. The van der Waals surface area contributed by atoms with Gasteiger partial charge in [-0.1, -0.05) is 0 Å². The molecule has 0 saturated heterocycles. The van der Waals surface area contributed by atoms with Crippen molar-refractivity contribution in [1.29, 1.82) is 0 Å². The van der Waals surface area contributed by atoms with Crippen molar-refractivity contribution in [2.45, 2.75) is 0 Å². The second kappa shape index (κ2) is 80.6. The molecule has 0 heterocycles. The summed E-state index contributed by atoms with van der Waals surface area (Å²) in [7, 11) is 0. The molecule has 12 heavy (non-hydrogen) atoms. The molecule has 76 valence electrons. The Bertz CT molecular complexity index is 61.1. The van der Waals surface area contributed by atoms with Gasteiger partial charge in [-0.3, -0.25) is 0 Å². The van der Waals surface area contributed by atoms with E-state index in [0.29, 0.717) is 0 Å². The third kappa shape index (κ3) is 69.7. The van der Waals surface area contributed by atoms with Gasteiger partial charge in [-0.15, -0.1) is 0 Å². The molecule has 0 bridgehead atoms. The van der Waals surface area contributed by atoms with Gasteiger partial charge in [0, 0.05) is 89.8 Å². The Hall–Kier alpha value is 10.9. The molecular weight excluding hydrogens is 1050 g/mol. The maximum absolute atomic E-state index is 0. The van der Waals surface area contributed by atoms with Gasteiger partial charge in [-0.2, -0.15) is 0 Å². The molecule has 0 aromatic rings. The van der Waals surface area contributed by atoms with Crippen LogP contribution in [0.25, 0.3) is 0 Å². The molecule has 0 aromatic carbocycles. The Balaban J connectivity index is 0. The van der Waals surface area contributed by atoms with Crippen LogP contribution in [0, 0.1) is 0 Å². The van der Waals surface area contributed by atoms with E-state index in [1.165, 1.54) is 0 Å². The van der Waals surface area contributed by atoms with E-state index in [4.69, 9.17) is 0 Å². The maximum atomic E-state index is 0. The average molecular weight is 1070 g/mol. The zero-order valence-electron chi connectivity index (χ0n) is 14.5. The van der Waals surface area contributed by atoms with E-state index in [1.54, 1.807) is 0 Å². The van der Waals surface area contributed by atoms with Crippen molar-refractivity contribution in [3.8, 4) is 0 Å². The van der Waals surface area contributed by atoms with Crippen molar-refractivity contribution >= 4 is 148 Å². The summed E-state index contributed by atoms with van der Waals surface area (Å²) in [6.45, 7) is 0. The van der Waals surface area contributed by atoms with Gasteiger partial charge in [0.05, 0.1) is 0 Å². The summed E-state index contributed by atoms with van der Waals surface area (Å²) in [4.78, 5) is 0. The van der Waals surface area contributed by atoms with Crippen molar-refractivity contribution in [3.63, 3.8) is 0 Å². The number of hydrogen-bond donors (Lipinski definition) is 0. The van der Waals surface area contributed by atoms with Gasteiger partial charge in [0.2, 0.25) is 0 Å². The Morgan fingerprint density at radius 3 is 1.08 bits per heavy atom. The van der Waals surface area contributed by atoms with E-state index < -0.39 is 0 Å². The Labute approximate surface area is 336 Å². The van der Waals surface area contributed by atoms with Crippen LogP contribution in [-0.4, -0.2) is 148 Å². The molecule has 0 aliphatic rings. The molecule has 0 atom stereocenters. The van der Waals surface area contributed by atoms with Crippen LogP contribution in [0.4, 0.5) is 0 Å². The standard InChI is InChI=1S/Ag.Ba.Bi.Co.Cu.K.Li.Mn.Na.Ni.Pb.Sr.12H/q;+2;;;;2*+1;;+1;;;+2;;;;;;7*-1. The fourth-order valence-corrected chi connectivity index (χ4v) is 0. The fraction of sp³-hybridized carbons (Fsp3) is 0. The molecule has 0 amide bonds. The van der Waals surface area contributed by atoms with Gasteiger partial charge in [0.1, 0.15) is 0 Å². The third-order valence-corrected chi connectivity index (χ3v) is 0. The van der Waals surface area contributed by atoms with E-state index in [0.717, 1.165) is 0 Å². The van der Waals surface area contributed by atoms with Crippen molar-refractivity contribution < 1.29 is 200 Å². The molecule has 0 fully saturated rings. The SMILES string of the molecule is [Ag].[Ba+2].[BiH3].[Co].[Cu].[H-].[H-].[H-].[H-].[H-].[H-].[H-].[K+].[Li+].[Mn].[Na+].[Ni].[PbH2].[Sr+2]. The molecule has 12 heteroatoms. The summed E-state index contributed by atoms with van der Waals surface area (Å²) in [5.74, 6) is 0. The van der Waals surface area contributed by atoms with Gasteiger partial charge in [0.15, 0.2) is 0 Å². The molecule has 0 N–H and O–H groups in total. The minimum absolute atomic E-state index is 0. The minimum atomic E-state index is 0. The van der Waals surface area contributed by atoms with Gasteiger partial charge >= 0.3 is 248 Å². The Kier molecular flexibility index (Phi) is 622. The van der Waals surface area contributed by atoms with E-state index >= 15 is 0 Å². The van der Waals surface area contributed by atoms with Crippen LogP contribution >= 0.6 is 0 Å². The van der Waals surface area contributed by atoms with Crippen LogP contribution in [0.2, 0.25) is 0 Å². The summed E-state index contributed by atoms with van der Waals surface area (Å²) >= 11 is 0. The van der Waals surface area contributed by atoms with Crippen LogP contribution in [0.5, 0.6) is 0 Å². The van der Waals surface area contributed by atoms with Crippen LogP contribution in [0.3, 0.4) is 0 Å². The first-order valence-corrected chi connectivity index (χ1v) is 0. The van der Waals surface area contributed by atoms with E-state index in [2.05, 4.69) is 0 Å². The second-order valence-electron chi connectivity index (χ2n) is 0. The number of rotatable bonds is 0. The van der Waals surface area contributed by atoms with Gasteiger partial charge in [-0.05, 0) is 0 Å². The minimum Gasteiger partial charge on any atom is 2.00 e. The zero-order valence-corrected chi connectivity index (χ0v) is 37.1. The summed E-state index contributed by atoms with van der Waals surface area (Å²) in [5, 5.41) is 0. The van der Waals surface area contributed by atoms with Gasteiger partial charge < -0.3 is 9.99 Å². The average Bonchev–Trinajstić information content (AvgIpc) is 0. The third-order valence-electron chi connectivity index (χ3n) is 0. The predicted octanol–water partition coefficient (Wildman–Crippen LogP) is -11.1. The normalized spacial score (nSPS) is 0. The first kappa shape index (κ1) is 92.6. The molecule has 0 spiro atoms. The largest absolute Gasteiger partial charge is 2.00 e. The molecule has 0 unspecified atom stereocenters. The van der Waals surface area contributed by atoms with Gasteiger partial charge in [0.25, 0.3) is 0 Å². The van der Waals surface area contributed by atoms with Crippen molar-refractivity contribution in [2.75, 3.05) is 0 Å². The van der Waals surface area contributed by atoms with Crippen molar-refractivity contribution in [3.05, 3.63) is 0 Å². The molecule has 0 nitrogen and oxygen atoms in total.